The minimum atomic E-state index is -0.342. The Morgan fingerprint density at radius 2 is 1.80 bits per heavy atom. The van der Waals surface area contributed by atoms with E-state index in [1.807, 2.05) is 31.2 Å². The van der Waals surface area contributed by atoms with E-state index in [9.17, 15) is 14.4 Å². The molecular formula is C23H26ClN3O3. The molecule has 1 heterocycles. The summed E-state index contributed by atoms with van der Waals surface area (Å²) in [5.74, 6) is -0.594. The predicted molar refractivity (Wildman–Crippen MR) is 117 cm³/mol. The zero-order valence-electron chi connectivity index (χ0n) is 17.0. The van der Waals surface area contributed by atoms with Crippen LogP contribution >= 0.6 is 11.6 Å². The van der Waals surface area contributed by atoms with E-state index in [1.54, 1.807) is 29.2 Å². The largest absolute Gasteiger partial charge is 0.356 e. The Labute approximate surface area is 181 Å². The molecule has 1 unspecified atom stereocenters. The van der Waals surface area contributed by atoms with Gasteiger partial charge in [0, 0.05) is 43.2 Å². The van der Waals surface area contributed by atoms with Crippen LogP contribution in [0, 0.1) is 12.8 Å². The summed E-state index contributed by atoms with van der Waals surface area (Å²) in [6.07, 6.45) is 1.06. The Kier molecular flexibility index (Phi) is 7.46. The molecule has 0 saturated carbocycles. The van der Waals surface area contributed by atoms with Gasteiger partial charge in [0.1, 0.15) is 0 Å². The van der Waals surface area contributed by atoms with E-state index >= 15 is 0 Å². The van der Waals surface area contributed by atoms with Gasteiger partial charge in [-0.3, -0.25) is 14.4 Å². The van der Waals surface area contributed by atoms with Crippen molar-refractivity contribution < 1.29 is 14.4 Å². The van der Waals surface area contributed by atoms with Crippen LogP contribution in [0.1, 0.15) is 30.4 Å². The smallest absolute Gasteiger partial charge is 0.225 e. The number of amides is 3. The van der Waals surface area contributed by atoms with Crippen molar-refractivity contribution in [3.05, 3.63) is 64.7 Å². The van der Waals surface area contributed by atoms with Crippen molar-refractivity contribution in [2.75, 3.05) is 18.4 Å². The molecule has 7 heteroatoms. The van der Waals surface area contributed by atoms with Gasteiger partial charge in [0.2, 0.25) is 17.7 Å². The molecule has 0 radical (unpaired) electrons. The van der Waals surface area contributed by atoms with Crippen molar-refractivity contribution >= 4 is 35.0 Å². The highest BCUT2D eigenvalue weighted by Crippen LogP contribution is 2.20. The number of halogens is 1. The summed E-state index contributed by atoms with van der Waals surface area (Å²) in [5, 5.41) is 6.25. The topological polar surface area (TPSA) is 78.5 Å². The number of carbonyl (C=O) groups excluding carboxylic acids is 3. The van der Waals surface area contributed by atoms with Gasteiger partial charge in [0.05, 0.1) is 5.92 Å². The van der Waals surface area contributed by atoms with Crippen LogP contribution in [0.4, 0.5) is 5.69 Å². The normalized spacial score (nSPS) is 15.9. The lowest BCUT2D eigenvalue weighted by Gasteiger charge is -2.17. The fourth-order valence-electron chi connectivity index (χ4n) is 3.38. The molecular weight excluding hydrogens is 402 g/mol. The number of hydrogen-bond acceptors (Lipinski definition) is 3. The Morgan fingerprint density at radius 3 is 2.50 bits per heavy atom. The Bertz CT molecular complexity index is 897. The number of hydrogen-bond donors (Lipinski definition) is 2. The molecule has 0 bridgehead atoms. The van der Waals surface area contributed by atoms with Crippen molar-refractivity contribution in [3.63, 3.8) is 0 Å². The molecule has 1 aliphatic heterocycles. The molecule has 2 aromatic carbocycles. The average Bonchev–Trinajstić information content (AvgIpc) is 3.09. The first-order chi connectivity index (χ1) is 14.4. The van der Waals surface area contributed by atoms with E-state index in [2.05, 4.69) is 10.6 Å². The van der Waals surface area contributed by atoms with Crippen LogP contribution in [0.2, 0.25) is 5.02 Å². The van der Waals surface area contributed by atoms with E-state index in [4.69, 9.17) is 11.6 Å². The van der Waals surface area contributed by atoms with Crippen LogP contribution in [-0.4, -0.2) is 35.7 Å². The number of benzene rings is 2. The standard InChI is InChI=1S/C23H26ClN3O3/c1-16-4-6-17(7-5-16)14-27-15-18(13-22(27)29)23(30)25-12-2-3-21(28)26-20-10-8-19(24)9-11-20/h4-11,18H,2-3,12-15H2,1H3,(H,25,30)(H,26,28). The van der Waals surface area contributed by atoms with E-state index in [0.717, 1.165) is 5.56 Å². The van der Waals surface area contributed by atoms with E-state index in [1.165, 1.54) is 5.56 Å². The molecule has 2 N–H and O–H groups in total. The molecule has 158 valence electrons. The lowest BCUT2D eigenvalue weighted by Crippen LogP contribution is -2.33. The van der Waals surface area contributed by atoms with Gasteiger partial charge in [-0.1, -0.05) is 41.4 Å². The van der Waals surface area contributed by atoms with Crippen molar-refractivity contribution in [2.45, 2.75) is 32.7 Å². The molecule has 1 atom stereocenters. The zero-order valence-corrected chi connectivity index (χ0v) is 17.7. The number of nitrogens with one attached hydrogen (secondary N) is 2. The van der Waals surface area contributed by atoms with E-state index in [-0.39, 0.29) is 30.1 Å². The maximum Gasteiger partial charge on any atom is 0.225 e. The minimum absolute atomic E-state index is 0.00179. The van der Waals surface area contributed by atoms with Crippen LogP contribution in [0.15, 0.2) is 48.5 Å². The maximum atomic E-state index is 12.4. The Hall–Kier alpha value is -2.86. The van der Waals surface area contributed by atoms with Crippen molar-refractivity contribution in [3.8, 4) is 0 Å². The first-order valence-corrected chi connectivity index (χ1v) is 10.4. The second-order valence-electron chi connectivity index (χ2n) is 7.61. The highest BCUT2D eigenvalue weighted by molar-refractivity contribution is 6.30. The summed E-state index contributed by atoms with van der Waals surface area (Å²) < 4.78 is 0. The van der Waals surface area contributed by atoms with Gasteiger partial charge in [-0.25, -0.2) is 0 Å². The summed E-state index contributed by atoms with van der Waals surface area (Å²) in [7, 11) is 0. The van der Waals surface area contributed by atoms with Crippen LogP contribution in [0.3, 0.4) is 0 Å². The minimum Gasteiger partial charge on any atom is -0.356 e. The molecule has 0 spiro atoms. The number of rotatable bonds is 8. The fraction of sp³-hybridized carbons (Fsp3) is 0.348. The molecule has 0 aromatic heterocycles. The zero-order chi connectivity index (χ0) is 21.5. The number of carbonyl (C=O) groups is 3. The third-order valence-electron chi connectivity index (χ3n) is 5.09. The molecule has 1 saturated heterocycles. The second-order valence-corrected chi connectivity index (χ2v) is 8.05. The number of nitrogens with zero attached hydrogens (tertiary/aromatic N) is 1. The van der Waals surface area contributed by atoms with E-state index < -0.39 is 0 Å². The van der Waals surface area contributed by atoms with Gasteiger partial charge < -0.3 is 15.5 Å². The van der Waals surface area contributed by atoms with Gasteiger partial charge >= 0.3 is 0 Å². The number of likely N-dealkylation sites (tertiary alicyclic amines) is 1. The third-order valence-corrected chi connectivity index (χ3v) is 5.34. The highest BCUT2D eigenvalue weighted by Gasteiger charge is 2.33. The molecule has 2 aromatic rings. The molecule has 6 nitrogen and oxygen atoms in total. The van der Waals surface area contributed by atoms with Crippen LogP contribution < -0.4 is 10.6 Å². The summed E-state index contributed by atoms with van der Waals surface area (Å²) >= 11 is 5.82. The summed E-state index contributed by atoms with van der Waals surface area (Å²) in [5.41, 5.74) is 2.92. The first kappa shape index (κ1) is 21.8. The summed E-state index contributed by atoms with van der Waals surface area (Å²) in [6, 6.07) is 14.9. The SMILES string of the molecule is Cc1ccc(CN2CC(C(=O)NCCCC(=O)Nc3ccc(Cl)cc3)CC2=O)cc1. The van der Waals surface area contributed by atoms with Gasteiger partial charge in [-0.2, -0.15) is 0 Å². The summed E-state index contributed by atoms with van der Waals surface area (Å²) in [4.78, 5) is 38.4. The molecule has 1 aliphatic rings. The second kappa shape index (κ2) is 10.3. The fourth-order valence-corrected chi connectivity index (χ4v) is 3.50. The molecule has 30 heavy (non-hydrogen) atoms. The highest BCUT2D eigenvalue weighted by atomic mass is 35.5. The van der Waals surface area contributed by atoms with Gasteiger partial charge in [-0.05, 0) is 43.2 Å². The Balaban J connectivity index is 1.36. The quantitative estimate of drug-likeness (QED) is 0.632. The Morgan fingerprint density at radius 1 is 1.10 bits per heavy atom. The van der Waals surface area contributed by atoms with Crippen LogP contribution in [0.5, 0.6) is 0 Å². The lowest BCUT2D eigenvalue weighted by molar-refractivity contribution is -0.129. The third kappa shape index (κ3) is 6.32. The monoisotopic (exact) mass is 427 g/mol. The first-order valence-electron chi connectivity index (χ1n) is 10.1. The van der Waals surface area contributed by atoms with Crippen molar-refractivity contribution in [1.82, 2.24) is 10.2 Å². The average molecular weight is 428 g/mol. The summed E-state index contributed by atoms with van der Waals surface area (Å²) in [6.45, 7) is 3.37. The molecule has 0 aliphatic carbocycles. The molecule has 3 rings (SSSR count). The van der Waals surface area contributed by atoms with Gasteiger partial charge in [0.25, 0.3) is 0 Å². The maximum absolute atomic E-state index is 12.4. The van der Waals surface area contributed by atoms with Crippen molar-refractivity contribution in [2.24, 2.45) is 5.92 Å². The van der Waals surface area contributed by atoms with Crippen LogP contribution in [-0.2, 0) is 20.9 Å². The number of anilines is 1. The van der Waals surface area contributed by atoms with E-state index in [0.29, 0.717) is 43.2 Å². The molecule has 1 fully saturated rings. The van der Waals surface area contributed by atoms with Gasteiger partial charge in [0.15, 0.2) is 0 Å². The lowest BCUT2D eigenvalue weighted by atomic mass is 10.1. The van der Waals surface area contributed by atoms with Crippen LogP contribution in [0.25, 0.3) is 0 Å². The van der Waals surface area contributed by atoms with Gasteiger partial charge in [-0.15, -0.1) is 0 Å². The molecule has 3 amide bonds. The predicted octanol–water partition coefficient (Wildman–Crippen LogP) is 3.53. The van der Waals surface area contributed by atoms with Crippen molar-refractivity contribution in [1.29, 1.82) is 0 Å². The number of aryl methyl sites for hydroxylation is 1.